The molecule has 2 heterocycles. The quantitative estimate of drug-likeness (QED) is 0.408. The molecule has 0 spiro atoms. The molecule has 0 aliphatic heterocycles. The number of aromatic nitrogens is 4. The number of nitrogens with zero attached hydrogens (tertiary/aromatic N) is 4. The second-order valence-electron chi connectivity index (χ2n) is 4.13. The molecule has 0 aromatic carbocycles. The van der Waals surface area contributed by atoms with E-state index in [2.05, 4.69) is 15.0 Å². The van der Waals surface area contributed by atoms with Crippen molar-refractivity contribution in [3.05, 3.63) is 6.33 Å². The normalized spacial score (nSPS) is 12.1. The van der Waals surface area contributed by atoms with Crippen molar-refractivity contribution in [2.24, 2.45) is 0 Å². The minimum atomic E-state index is -3.97. The van der Waals surface area contributed by atoms with Crippen molar-refractivity contribution in [3.8, 4) is 0 Å². The van der Waals surface area contributed by atoms with Crippen LogP contribution in [-0.4, -0.2) is 42.1 Å². The van der Waals surface area contributed by atoms with E-state index in [4.69, 9.17) is 26.0 Å². The van der Waals surface area contributed by atoms with Gasteiger partial charge in [-0.25, -0.2) is 4.98 Å². The van der Waals surface area contributed by atoms with Crippen molar-refractivity contribution in [1.82, 2.24) is 19.5 Å². The molecule has 2 aromatic heterocycles. The van der Waals surface area contributed by atoms with E-state index in [0.29, 0.717) is 11.2 Å². The van der Waals surface area contributed by atoms with Crippen LogP contribution in [0.5, 0.6) is 0 Å². The van der Waals surface area contributed by atoms with E-state index < -0.39 is 7.60 Å². The second-order valence-corrected chi connectivity index (χ2v) is 5.91. The summed E-state index contributed by atoms with van der Waals surface area (Å²) in [5.41, 5.74) is 12.0. The Kier molecular flexibility index (Phi) is 4.19. The molecule has 0 aliphatic carbocycles. The smallest absolute Gasteiger partial charge is 0.325 e. The summed E-state index contributed by atoms with van der Waals surface area (Å²) in [6.07, 6.45) is 1.54. The van der Waals surface area contributed by atoms with Crippen LogP contribution < -0.4 is 11.5 Å². The largest absolute Gasteiger partial charge is 0.382 e. The van der Waals surface area contributed by atoms with Crippen LogP contribution in [0.2, 0.25) is 0 Å². The number of fused-ring (bicyclic) bond motifs is 1. The van der Waals surface area contributed by atoms with Crippen LogP contribution in [0, 0.1) is 0 Å². The maximum absolute atomic E-state index is 10.7. The Bertz CT molecular complexity index is 653. The molecule has 6 N–H and O–H groups in total. The van der Waals surface area contributed by atoms with Gasteiger partial charge in [0.25, 0.3) is 0 Å². The molecule has 110 valence electrons. The van der Waals surface area contributed by atoms with Crippen LogP contribution in [0.1, 0.15) is 6.42 Å². The number of hydrogen-bond donors (Lipinski definition) is 4. The lowest BCUT2D eigenvalue weighted by molar-refractivity contribution is 0.0794. The standard InChI is InChI=1S/C9H15N6O4P/c10-7-6-8(14-9(11)13-7)15(4-12-6)5-19-2-1-3-20(16,17)18/h4H,1-3,5H2,(H2,16,17,18)(H4,10,11,13,14). The SMILES string of the molecule is Nc1nc(N)c2ncn(COCCCP(=O)(O)O)c2n1. The van der Waals surface area contributed by atoms with Crippen LogP contribution in [0.4, 0.5) is 11.8 Å². The first-order valence-corrected chi connectivity index (χ1v) is 7.53. The summed E-state index contributed by atoms with van der Waals surface area (Å²) in [5, 5.41) is 0. The molecular weight excluding hydrogens is 287 g/mol. The van der Waals surface area contributed by atoms with Crippen molar-refractivity contribution >= 4 is 30.5 Å². The van der Waals surface area contributed by atoms with E-state index in [0.717, 1.165) is 0 Å². The molecule has 0 atom stereocenters. The molecule has 0 saturated carbocycles. The monoisotopic (exact) mass is 302 g/mol. The van der Waals surface area contributed by atoms with E-state index in [1.54, 1.807) is 4.57 Å². The molecule has 0 aliphatic rings. The lowest BCUT2D eigenvalue weighted by Crippen LogP contribution is -2.06. The maximum Gasteiger partial charge on any atom is 0.325 e. The average molecular weight is 302 g/mol. The molecule has 2 aromatic rings. The Balaban J connectivity index is 1.95. The predicted molar refractivity (Wildman–Crippen MR) is 71.6 cm³/mol. The number of hydrogen-bond acceptors (Lipinski definition) is 7. The lowest BCUT2D eigenvalue weighted by Gasteiger charge is -2.07. The molecule has 0 radical (unpaired) electrons. The Labute approximate surface area is 113 Å². The van der Waals surface area contributed by atoms with Gasteiger partial charge >= 0.3 is 7.60 Å². The van der Waals surface area contributed by atoms with Gasteiger partial charge in [0.2, 0.25) is 5.95 Å². The number of anilines is 2. The van der Waals surface area contributed by atoms with Crippen LogP contribution >= 0.6 is 7.60 Å². The highest BCUT2D eigenvalue weighted by Crippen LogP contribution is 2.34. The summed E-state index contributed by atoms with van der Waals surface area (Å²) >= 11 is 0. The Morgan fingerprint density at radius 3 is 2.80 bits per heavy atom. The Morgan fingerprint density at radius 1 is 1.35 bits per heavy atom. The van der Waals surface area contributed by atoms with Crippen molar-refractivity contribution < 1.29 is 19.1 Å². The fourth-order valence-corrected chi connectivity index (χ4v) is 2.15. The topological polar surface area (TPSA) is 162 Å². The molecule has 2 rings (SSSR count). The molecule has 0 fully saturated rings. The van der Waals surface area contributed by atoms with Crippen LogP contribution in [0.25, 0.3) is 11.2 Å². The van der Waals surface area contributed by atoms with Crippen LogP contribution in [0.15, 0.2) is 6.33 Å². The number of nitrogens with two attached hydrogens (primary N) is 2. The van der Waals surface area contributed by atoms with Gasteiger partial charge in [-0.1, -0.05) is 0 Å². The summed E-state index contributed by atoms with van der Waals surface area (Å²) in [4.78, 5) is 29.3. The van der Waals surface area contributed by atoms with Gasteiger partial charge < -0.3 is 26.0 Å². The van der Waals surface area contributed by atoms with Gasteiger partial charge in [0, 0.05) is 6.61 Å². The second kappa shape index (κ2) is 5.71. The van der Waals surface area contributed by atoms with Crippen molar-refractivity contribution in [2.45, 2.75) is 13.2 Å². The Morgan fingerprint density at radius 2 is 2.10 bits per heavy atom. The summed E-state index contributed by atoms with van der Waals surface area (Å²) < 4.78 is 17.5. The fourth-order valence-electron chi connectivity index (χ4n) is 1.61. The zero-order chi connectivity index (χ0) is 14.8. The van der Waals surface area contributed by atoms with Crippen LogP contribution in [-0.2, 0) is 16.0 Å². The predicted octanol–water partition coefficient (Wildman–Crippen LogP) is -0.467. The van der Waals surface area contributed by atoms with Crippen LogP contribution in [0.3, 0.4) is 0 Å². The average Bonchev–Trinajstić information content (AvgIpc) is 2.70. The van der Waals surface area contributed by atoms with E-state index in [9.17, 15) is 4.57 Å². The minimum Gasteiger partial charge on any atom is -0.382 e. The van der Waals surface area contributed by atoms with Crippen molar-refractivity contribution in [2.75, 3.05) is 24.2 Å². The third kappa shape index (κ3) is 3.64. The van der Waals surface area contributed by atoms with Gasteiger partial charge in [0.05, 0.1) is 12.5 Å². The first-order chi connectivity index (χ1) is 9.37. The Hall–Kier alpha value is -1.74. The molecule has 11 heteroatoms. The van der Waals surface area contributed by atoms with Gasteiger partial charge in [-0.15, -0.1) is 0 Å². The first-order valence-electron chi connectivity index (χ1n) is 5.73. The van der Waals surface area contributed by atoms with E-state index >= 15 is 0 Å². The minimum absolute atomic E-state index is 0.0400. The molecule has 20 heavy (non-hydrogen) atoms. The molecule has 0 bridgehead atoms. The number of ether oxygens (including phenoxy) is 1. The first kappa shape index (κ1) is 14.7. The van der Waals surface area contributed by atoms with E-state index in [1.165, 1.54) is 6.33 Å². The highest BCUT2D eigenvalue weighted by atomic mass is 31.2. The van der Waals surface area contributed by atoms with Crippen molar-refractivity contribution in [1.29, 1.82) is 0 Å². The molecular formula is C9H15N6O4P. The number of rotatable bonds is 6. The lowest BCUT2D eigenvalue weighted by atomic mass is 10.5. The van der Waals surface area contributed by atoms with Gasteiger partial charge in [0.1, 0.15) is 12.2 Å². The third-order valence-electron chi connectivity index (χ3n) is 2.48. The molecule has 0 amide bonds. The number of nitrogen functional groups attached to an aromatic ring is 2. The van der Waals surface area contributed by atoms with Crippen molar-refractivity contribution in [3.63, 3.8) is 0 Å². The zero-order valence-corrected chi connectivity index (χ0v) is 11.4. The summed E-state index contributed by atoms with van der Waals surface area (Å²) in [6, 6.07) is 0. The summed E-state index contributed by atoms with van der Waals surface area (Å²) in [6.45, 7) is 0.342. The number of imidazole rings is 1. The summed E-state index contributed by atoms with van der Waals surface area (Å²) in [5.74, 6) is 0.228. The zero-order valence-electron chi connectivity index (χ0n) is 10.5. The highest BCUT2D eigenvalue weighted by Gasteiger charge is 2.12. The third-order valence-corrected chi connectivity index (χ3v) is 3.38. The van der Waals surface area contributed by atoms with Gasteiger partial charge in [-0.3, -0.25) is 9.13 Å². The van der Waals surface area contributed by atoms with Gasteiger partial charge in [-0.05, 0) is 6.42 Å². The molecule has 0 unspecified atom stereocenters. The van der Waals surface area contributed by atoms with Gasteiger partial charge in [0.15, 0.2) is 11.5 Å². The maximum atomic E-state index is 10.7. The summed E-state index contributed by atoms with van der Waals surface area (Å²) in [7, 11) is -3.97. The fraction of sp³-hybridized carbons (Fsp3) is 0.444. The van der Waals surface area contributed by atoms with Gasteiger partial charge in [-0.2, -0.15) is 9.97 Å². The van der Waals surface area contributed by atoms with E-state index in [1.807, 2.05) is 0 Å². The molecule has 10 nitrogen and oxygen atoms in total. The van der Waals surface area contributed by atoms with E-state index in [-0.39, 0.29) is 37.7 Å². The molecule has 0 saturated heterocycles. The highest BCUT2D eigenvalue weighted by molar-refractivity contribution is 7.51.